The maximum Gasteiger partial charge on any atom is 0.273 e. The van der Waals surface area contributed by atoms with Crippen LogP contribution in [0, 0.1) is 5.92 Å². The van der Waals surface area contributed by atoms with Gasteiger partial charge >= 0.3 is 0 Å². The number of likely N-dealkylation sites (tertiary alicyclic amines) is 1. The van der Waals surface area contributed by atoms with E-state index in [0.717, 1.165) is 37.3 Å². The first-order valence-electron chi connectivity index (χ1n) is 8.74. The molecule has 2 aliphatic heterocycles. The lowest BCUT2D eigenvalue weighted by Crippen LogP contribution is -2.52. The third-order valence-electron chi connectivity index (χ3n) is 5.73. The summed E-state index contributed by atoms with van der Waals surface area (Å²) in [5.74, 6) is 0.450. The van der Waals surface area contributed by atoms with E-state index in [-0.39, 0.29) is 12.0 Å². The van der Waals surface area contributed by atoms with Gasteiger partial charge in [-0.3, -0.25) is 4.79 Å². The van der Waals surface area contributed by atoms with Gasteiger partial charge in [0.2, 0.25) is 0 Å². The highest BCUT2D eigenvalue weighted by molar-refractivity contribution is 7.09. The van der Waals surface area contributed by atoms with Gasteiger partial charge in [0.25, 0.3) is 5.91 Å². The molecule has 3 fully saturated rings. The van der Waals surface area contributed by atoms with E-state index < -0.39 is 5.60 Å². The van der Waals surface area contributed by atoms with E-state index in [1.54, 1.807) is 0 Å². The molecule has 4 rings (SSSR count). The highest BCUT2D eigenvalue weighted by Gasteiger charge is 2.43. The van der Waals surface area contributed by atoms with Gasteiger partial charge in [-0.15, -0.1) is 11.3 Å². The molecule has 0 spiro atoms. The lowest BCUT2D eigenvalue weighted by atomic mass is 9.69. The van der Waals surface area contributed by atoms with Gasteiger partial charge < -0.3 is 14.7 Å². The van der Waals surface area contributed by atoms with Crippen LogP contribution in [-0.2, 0) is 4.74 Å². The number of ether oxygens (including phenoxy) is 1. The monoisotopic (exact) mass is 336 g/mol. The van der Waals surface area contributed by atoms with Crippen molar-refractivity contribution in [2.45, 2.75) is 56.7 Å². The van der Waals surface area contributed by atoms with Crippen LogP contribution in [0.1, 0.15) is 66.5 Å². The van der Waals surface area contributed by atoms with Gasteiger partial charge in [-0.2, -0.15) is 0 Å². The fourth-order valence-electron chi connectivity index (χ4n) is 3.92. The molecule has 0 aromatic carbocycles. The van der Waals surface area contributed by atoms with Gasteiger partial charge in [0.1, 0.15) is 16.8 Å². The third-order valence-corrected chi connectivity index (χ3v) is 6.66. The largest absolute Gasteiger partial charge is 0.389 e. The number of carbonyl (C=O) groups excluding carboxylic acids is 1. The van der Waals surface area contributed by atoms with Gasteiger partial charge in [-0.1, -0.05) is 6.42 Å². The molecule has 1 unspecified atom stereocenters. The summed E-state index contributed by atoms with van der Waals surface area (Å²) in [6.07, 6.45) is 7.06. The lowest BCUT2D eigenvalue weighted by Gasteiger charge is -2.46. The van der Waals surface area contributed by atoms with Crippen molar-refractivity contribution in [3.8, 4) is 0 Å². The fraction of sp³-hybridized carbons (Fsp3) is 0.765. The molecule has 1 aromatic heterocycles. The quantitative estimate of drug-likeness (QED) is 0.922. The molecule has 6 heteroatoms. The maximum absolute atomic E-state index is 12.6. The molecule has 1 aliphatic carbocycles. The predicted octanol–water partition coefficient (Wildman–Crippen LogP) is 2.76. The summed E-state index contributed by atoms with van der Waals surface area (Å²) in [7, 11) is 0. The van der Waals surface area contributed by atoms with E-state index >= 15 is 0 Å². The highest BCUT2D eigenvalue weighted by atomic mass is 32.1. The van der Waals surface area contributed by atoms with E-state index in [1.807, 2.05) is 10.3 Å². The second-order valence-corrected chi connectivity index (χ2v) is 7.99. The molecule has 3 aliphatic rings. The number of amides is 1. The van der Waals surface area contributed by atoms with Crippen molar-refractivity contribution in [1.82, 2.24) is 9.88 Å². The molecule has 126 valence electrons. The Morgan fingerprint density at radius 3 is 2.70 bits per heavy atom. The molecular weight excluding hydrogens is 312 g/mol. The number of nitrogens with zero attached hydrogens (tertiary/aromatic N) is 2. The highest BCUT2D eigenvalue weighted by Crippen LogP contribution is 2.42. The van der Waals surface area contributed by atoms with E-state index in [4.69, 9.17) is 4.74 Å². The van der Waals surface area contributed by atoms with E-state index in [1.165, 1.54) is 17.8 Å². The molecule has 1 atom stereocenters. The molecule has 1 saturated carbocycles. The Kier molecular flexibility index (Phi) is 4.15. The zero-order chi connectivity index (χ0) is 15.9. The van der Waals surface area contributed by atoms with Gasteiger partial charge in [0, 0.05) is 25.1 Å². The lowest BCUT2D eigenvalue weighted by molar-refractivity contribution is -0.0862. The van der Waals surface area contributed by atoms with Crippen LogP contribution in [0.3, 0.4) is 0 Å². The Bertz CT molecular complexity index is 570. The SMILES string of the molecule is O=C(c1csc(C2CCCO2)n1)N1CCC(O)(C2CCC2)CC1. The molecule has 5 nitrogen and oxygen atoms in total. The molecule has 0 bridgehead atoms. The number of piperidine rings is 1. The fourth-order valence-corrected chi connectivity index (χ4v) is 4.79. The van der Waals surface area contributed by atoms with Gasteiger partial charge in [0.15, 0.2) is 0 Å². The van der Waals surface area contributed by atoms with Crippen LogP contribution in [-0.4, -0.2) is 46.2 Å². The number of rotatable bonds is 3. The Hall–Kier alpha value is -0.980. The van der Waals surface area contributed by atoms with Crippen LogP contribution in [0.5, 0.6) is 0 Å². The second-order valence-electron chi connectivity index (χ2n) is 7.10. The van der Waals surface area contributed by atoms with Crippen LogP contribution in [0.4, 0.5) is 0 Å². The van der Waals surface area contributed by atoms with Crippen LogP contribution in [0.2, 0.25) is 0 Å². The van der Waals surface area contributed by atoms with Crippen molar-refractivity contribution in [3.05, 3.63) is 16.1 Å². The first-order chi connectivity index (χ1) is 11.2. The number of hydrogen-bond acceptors (Lipinski definition) is 5. The summed E-state index contributed by atoms with van der Waals surface area (Å²) in [5.41, 5.74) is -0.00506. The Balaban J connectivity index is 1.38. The van der Waals surface area contributed by atoms with E-state index in [9.17, 15) is 9.90 Å². The predicted molar refractivity (Wildman–Crippen MR) is 87.5 cm³/mol. The van der Waals surface area contributed by atoms with Crippen LogP contribution in [0.15, 0.2) is 5.38 Å². The summed E-state index contributed by atoms with van der Waals surface area (Å²) in [6, 6.07) is 0. The number of carbonyl (C=O) groups is 1. The van der Waals surface area contributed by atoms with Crippen LogP contribution < -0.4 is 0 Å². The molecule has 2 saturated heterocycles. The molecule has 23 heavy (non-hydrogen) atoms. The van der Waals surface area contributed by atoms with E-state index in [0.29, 0.717) is 37.5 Å². The standard InChI is InChI=1S/C17H24N2O3S/c20-16(13-11-23-15(18-13)14-5-2-10-22-14)19-8-6-17(21,7-9-19)12-3-1-4-12/h11-12,14,21H,1-10H2. The summed E-state index contributed by atoms with van der Waals surface area (Å²) in [4.78, 5) is 19.0. The van der Waals surface area contributed by atoms with Crippen molar-refractivity contribution in [2.75, 3.05) is 19.7 Å². The maximum atomic E-state index is 12.6. The molecule has 1 amide bonds. The summed E-state index contributed by atoms with van der Waals surface area (Å²) < 4.78 is 5.64. The topological polar surface area (TPSA) is 62.7 Å². The van der Waals surface area contributed by atoms with Crippen molar-refractivity contribution >= 4 is 17.2 Å². The van der Waals surface area contributed by atoms with Crippen LogP contribution >= 0.6 is 11.3 Å². The molecule has 0 radical (unpaired) electrons. The van der Waals surface area contributed by atoms with E-state index in [2.05, 4.69) is 4.98 Å². The minimum Gasteiger partial charge on any atom is -0.389 e. The number of aromatic nitrogens is 1. The van der Waals surface area contributed by atoms with Crippen molar-refractivity contribution in [1.29, 1.82) is 0 Å². The van der Waals surface area contributed by atoms with Crippen LogP contribution in [0.25, 0.3) is 0 Å². The minimum absolute atomic E-state index is 0.00107. The van der Waals surface area contributed by atoms with Gasteiger partial charge in [0.05, 0.1) is 5.60 Å². The number of aliphatic hydroxyl groups is 1. The third kappa shape index (κ3) is 2.92. The van der Waals surface area contributed by atoms with Gasteiger partial charge in [-0.25, -0.2) is 4.98 Å². The van der Waals surface area contributed by atoms with Gasteiger partial charge in [-0.05, 0) is 44.4 Å². The number of thiazole rings is 1. The molecule has 1 aromatic rings. The van der Waals surface area contributed by atoms with Crippen molar-refractivity contribution in [2.24, 2.45) is 5.92 Å². The Morgan fingerprint density at radius 1 is 1.30 bits per heavy atom. The Morgan fingerprint density at radius 2 is 2.09 bits per heavy atom. The zero-order valence-electron chi connectivity index (χ0n) is 13.4. The number of hydrogen-bond donors (Lipinski definition) is 1. The average Bonchev–Trinajstić information content (AvgIpc) is 3.16. The summed E-state index contributed by atoms with van der Waals surface area (Å²) >= 11 is 1.52. The first-order valence-corrected chi connectivity index (χ1v) is 9.62. The second kappa shape index (κ2) is 6.15. The smallest absolute Gasteiger partial charge is 0.273 e. The molecule has 3 heterocycles. The normalized spacial score (nSPS) is 27.9. The minimum atomic E-state index is -0.542. The Labute approximate surface area is 140 Å². The molecule has 1 N–H and O–H groups in total. The zero-order valence-corrected chi connectivity index (χ0v) is 14.2. The average molecular weight is 336 g/mol. The molecular formula is C17H24N2O3S. The van der Waals surface area contributed by atoms with Crippen molar-refractivity contribution < 1.29 is 14.6 Å². The first kappa shape index (κ1) is 15.5. The van der Waals surface area contributed by atoms with Crippen molar-refractivity contribution in [3.63, 3.8) is 0 Å². The summed E-state index contributed by atoms with van der Waals surface area (Å²) in [6.45, 7) is 2.07. The summed E-state index contributed by atoms with van der Waals surface area (Å²) in [5, 5.41) is 13.5.